The number of hydrogen-bond donors (Lipinski definition) is 1. The van der Waals surface area contributed by atoms with Crippen LogP contribution in [0.25, 0.3) is 0 Å². The fourth-order valence-electron chi connectivity index (χ4n) is 0.771. The summed E-state index contributed by atoms with van der Waals surface area (Å²) in [6.45, 7) is 5.95. The van der Waals surface area contributed by atoms with Gasteiger partial charge in [-0.2, -0.15) is 4.98 Å². The number of nitrogen functional groups attached to an aromatic ring is 1. The molecule has 0 saturated heterocycles. The van der Waals surface area contributed by atoms with Gasteiger partial charge in [-0.1, -0.05) is 6.92 Å². The largest absolute Gasteiger partial charge is 0.470 e. The van der Waals surface area contributed by atoms with Gasteiger partial charge in [0.1, 0.15) is 11.3 Å². The smallest absolute Gasteiger partial charge is 0.242 e. The fraction of sp³-hybridized carbons (Fsp3) is 0.556. The Morgan fingerprint density at radius 3 is 2.79 bits per heavy atom. The second-order valence-electron chi connectivity index (χ2n) is 3.61. The Kier molecular flexibility index (Phi) is 3.16. The summed E-state index contributed by atoms with van der Waals surface area (Å²) in [5, 5.41) is 0.140. The molecule has 0 fully saturated rings. The molecule has 0 aliphatic carbocycles. The Hall–Kier alpha value is -1.03. The minimum atomic E-state index is -0.300. The van der Waals surface area contributed by atoms with Crippen molar-refractivity contribution in [2.24, 2.45) is 0 Å². The van der Waals surface area contributed by atoms with Crippen molar-refractivity contribution in [1.29, 1.82) is 0 Å². The molecule has 0 amide bonds. The summed E-state index contributed by atoms with van der Waals surface area (Å²) in [4.78, 5) is 7.66. The summed E-state index contributed by atoms with van der Waals surface area (Å²) >= 11 is 5.63. The first kappa shape index (κ1) is 11.0. The van der Waals surface area contributed by atoms with Gasteiger partial charge in [0, 0.05) is 0 Å². The Bertz CT molecular complexity index is 328. The van der Waals surface area contributed by atoms with Gasteiger partial charge in [-0.05, 0) is 31.9 Å². The summed E-state index contributed by atoms with van der Waals surface area (Å²) < 4.78 is 5.60. The van der Waals surface area contributed by atoms with Gasteiger partial charge in [-0.3, -0.25) is 0 Å². The SMILES string of the molecule is CCC(C)(C)Oc1nc(Cl)ncc1N. The minimum absolute atomic E-state index is 0.140. The maximum absolute atomic E-state index is 5.64. The van der Waals surface area contributed by atoms with E-state index in [-0.39, 0.29) is 10.9 Å². The van der Waals surface area contributed by atoms with Crippen molar-refractivity contribution in [3.05, 3.63) is 11.5 Å². The summed E-state index contributed by atoms with van der Waals surface area (Å²) in [7, 11) is 0. The first-order chi connectivity index (χ1) is 6.44. The summed E-state index contributed by atoms with van der Waals surface area (Å²) in [5.74, 6) is 0.344. The van der Waals surface area contributed by atoms with E-state index in [4.69, 9.17) is 22.1 Å². The maximum Gasteiger partial charge on any atom is 0.242 e. The highest BCUT2D eigenvalue weighted by molar-refractivity contribution is 6.28. The first-order valence-electron chi connectivity index (χ1n) is 4.41. The second-order valence-corrected chi connectivity index (χ2v) is 3.95. The van der Waals surface area contributed by atoms with Gasteiger partial charge in [-0.25, -0.2) is 4.98 Å². The van der Waals surface area contributed by atoms with Gasteiger partial charge in [0.2, 0.25) is 11.2 Å². The van der Waals surface area contributed by atoms with Gasteiger partial charge in [0.15, 0.2) is 0 Å². The van der Waals surface area contributed by atoms with Crippen molar-refractivity contribution in [3.63, 3.8) is 0 Å². The quantitative estimate of drug-likeness (QED) is 0.786. The number of nitrogens with two attached hydrogens (primary N) is 1. The normalized spacial score (nSPS) is 11.4. The van der Waals surface area contributed by atoms with Crippen molar-refractivity contribution < 1.29 is 4.74 Å². The predicted molar refractivity (Wildman–Crippen MR) is 56.5 cm³/mol. The molecule has 0 spiro atoms. The van der Waals surface area contributed by atoms with Crippen LogP contribution in [-0.4, -0.2) is 15.6 Å². The van der Waals surface area contributed by atoms with E-state index in [2.05, 4.69) is 9.97 Å². The molecule has 1 rings (SSSR count). The average Bonchev–Trinajstić information content (AvgIpc) is 2.11. The molecule has 4 nitrogen and oxygen atoms in total. The lowest BCUT2D eigenvalue weighted by Crippen LogP contribution is -2.27. The molecule has 0 radical (unpaired) electrons. The van der Waals surface area contributed by atoms with Crippen molar-refractivity contribution >= 4 is 17.3 Å². The summed E-state index contributed by atoms with van der Waals surface area (Å²) in [6, 6.07) is 0. The average molecular weight is 216 g/mol. The molecule has 0 aliphatic rings. The Labute approximate surface area is 88.5 Å². The van der Waals surface area contributed by atoms with E-state index in [0.717, 1.165) is 6.42 Å². The number of rotatable bonds is 3. The maximum atomic E-state index is 5.64. The van der Waals surface area contributed by atoms with Gasteiger partial charge < -0.3 is 10.5 Å². The molecular formula is C9H14ClN3O. The summed E-state index contributed by atoms with van der Waals surface area (Å²) in [6.07, 6.45) is 2.30. The molecule has 1 heterocycles. The van der Waals surface area contributed by atoms with E-state index in [1.54, 1.807) is 0 Å². The highest BCUT2D eigenvalue weighted by Crippen LogP contribution is 2.24. The predicted octanol–water partition coefficient (Wildman–Crippen LogP) is 2.28. The molecule has 0 aromatic carbocycles. The monoisotopic (exact) mass is 215 g/mol. The molecule has 14 heavy (non-hydrogen) atoms. The Morgan fingerprint density at radius 1 is 1.57 bits per heavy atom. The van der Waals surface area contributed by atoms with E-state index in [1.807, 2.05) is 20.8 Å². The molecule has 5 heteroatoms. The van der Waals surface area contributed by atoms with Gasteiger partial charge >= 0.3 is 0 Å². The Balaban J connectivity index is 2.91. The lowest BCUT2D eigenvalue weighted by molar-refractivity contribution is 0.0999. The highest BCUT2D eigenvalue weighted by Gasteiger charge is 2.19. The minimum Gasteiger partial charge on any atom is -0.470 e. The van der Waals surface area contributed by atoms with Crippen LogP contribution in [0.4, 0.5) is 5.69 Å². The molecule has 0 bridgehead atoms. The molecular weight excluding hydrogens is 202 g/mol. The molecule has 1 aromatic heterocycles. The zero-order valence-electron chi connectivity index (χ0n) is 8.54. The van der Waals surface area contributed by atoms with Gasteiger partial charge in [-0.15, -0.1) is 0 Å². The van der Waals surface area contributed by atoms with Crippen molar-refractivity contribution in [1.82, 2.24) is 9.97 Å². The van der Waals surface area contributed by atoms with Crippen molar-refractivity contribution in [2.75, 3.05) is 5.73 Å². The highest BCUT2D eigenvalue weighted by atomic mass is 35.5. The molecule has 1 aromatic rings. The number of anilines is 1. The third kappa shape index (κ3) is 2.73. The fourth-order valence-corrected chi connectivity index (χ4v) is 0.896. The standard InChI is InChI=1S/C9H14ClN3O/c1-4-9(2,3)14-7-6(11)5-12-8(10)13-7/h5H,4,11H2,1-3H3. The third-order valence-electron chi connectivity index (χ3n) is 1.98. The molecule has 0 unspecified atom stereocenters. The number of halogens is 1. The second kappa shape index (κ2) is 4.00. The van der Waals surface area contributed by atoms with Crippen molar-refractivity contribution in [3.8, 4) is 5.88 Å². The zero-order chi connectivity index (χ0) is 10.8. The number of aromatic nitrogens is 2. The van der Waals surface area contributed by atoms with Crippen LogP contribution in [-0.2, 0) is 0 Å². The van der Waals surface area contributed by atoms with E-state index < -0.39 is 0 Å². The van der Waals surface area contributed by atoms with Crippen LogP contribution in [0.2, 0.25) is 5.28 Å². The lowest BCUT2D eigenvalue weighted by Gasteiger charge is -2.24. The van der Waals surface area contributed by atoms with Crippen LogP contribution in [0.3, 0.4) is 0 Å². The molecule has 0 saturated carbocycles. The summed E-state index contributed by atoms with van der Waals surface area (Å²) in [5.41, 5.74) is 5.74. The van der Waals surface area contributed by atoms with Crippen LogP contribution < -0.4 is 10.5 Å². The van der Waals surface area contributed by atoms with E-state index in [0.29, 0.717) is 11.6 Å². The Morgan fingerprint density at radius 2 is 2.21 bits per heavy atom. The van der Waals surface area contributed by atoms with Gasteiger partial charge in [0.05, 0.1) is 6.20 Å². The number of nitrogens with zero attached hydrogens (tertiary/aromatic N) is 2. The van der Waals surface area contributed by atoms with Crippen molar-refractivity contribution in [2.45, 2.75) is 32.8 Å². The molecule has 0 aliphatic heterocycles. The lowest BCUT2D eigenvalue weighted by atomic mass is 10.1. The molecule has 2 N–H and O–H groups in total. The number of hydrogen-bond acceptors (Lipinski definition) is 4. The third-order valence-corrected chi connectivity index (χ3v) is 2.16. The molecule has 78 valence electrons. The van der Waals surface area contributed by atoms with Gasteiger partial charge in [0.25, 0.3) is 0 Å². The first-order valence-corrected chi connectivity index (χ1v) is 4.79. The van der Waals surface area contributed by atoms with Crippen LogP contribution in [0, 0.1) is 0 Å². The topological polar surface area (TPSA) is 61.0 Å². The number of ether oxygens (including phenoxy) is 1. The molecule has 0 atom stereocenters. The van der Waals surface area contributed by atoms with Crippen LogP contribution in [0.15, 0.2) is 6.20 Å². The van der Waals surface area contributed by atoms with Crippen LogP contribution in [0.1, 0.15) is 27.2 Å². The van der Waals surface area contributed by atoms with Crippen LogP contribution >= 0.6 is 11.6 Å². The zero-order valence-corrected chi connectivity index (χ0v) is 9.30. The van der Waals surface area contributed by atoms with E-state index in [9.17, 15) is 0 Å². The van der Waals surface area contributed by atoms with E-state index >= 15 is 0 Å². The van der Waals surface area contributed by atoms with E-state index in [1.165, 1.54) is 6.20 Å². The van der Waals surface area contributed by atoms with Crippen LogP contribution in [0.5, 0.6) is 5.88 Å².